The van der Waals surface area contributed by atoms with Crippen molar-refractivity contribution in [2.24, 2.45) is 0 Å². The lowest BCUT2D eigenvalue weighted by Crippen LogP contribution is -2.47. The number of hydrogen-bond donors (Lipinski definition) is 2. The van der Waals surface area contributed by atoms with Gasteiger partial charge < -0.3 is 10.1 Å². The number of hydrogen-bond acceptors (Lipinski definition) is 3. The van der Waals surface area contributed by atoms with E-state index >= 15 is 0 Å². The van der Waals surface area contributed by atoms with Gasteiger partial charge in [0.2, 0.25) is 0 Å². The SMILES string of the molecule is CN(Cc1ccccc1)[C@H]1CC[C@H](N(CCc2c[nH]c3ccccc23)Cc2cccc(F)c2)[C@H]1O. The molecule has 182 valence electrons. The molecule has 1 aliphatic carbocycles. The summed E-state index contributed by atoms with van der Waals surface area (Å²) in [7, 11) is 2.10. The van der Waals surface area contributed by atoms with Gasteiger partial charge in [-0.15, -0.1) is 0 Å². The van der Waals surface area contributed by atoms with Gasteiger partial charge in [0.15, 0.2) is 0 Å². The number of aromatic amines is 1. The molecule has 0 aliphatic heterocycles. The van der Waals surface area contributed by atoms with Crippen LogP contribution in [0.5, 0.6) is 0 Å². The Morgan fingerprint density at radius 1 is 0.886 bits per heavy atom. The molecule has 3 aromatic carbocycles. The molecule has 1 aliphatic rings. The molecule has 4 nitrogen and oxygen atoms in total. The Morgan fingerprint density at radius 2 is 1.63 bits per heavy atom. The lowest BCUT2D eigenvalue weighted by atomic mass is 10.1. The van der Waals surface area contributed by atoms with E-state index in [9.17, 15) is 9.50 Å². The molecule has 0 amide bonds. The standard InChI is InChI=1S/C30H34FN3O/c1-33(20-22-8-3-2-4-9-22)28-14-15-29(30(28)35)34(21-23-10-7-11-25(31)18-23)17-16-24-19-32-27-13-6-5-12-26(24)27/h2-13,18-19,28-30,32,35H,14-17,20-21H2,1H3/t28-,29-,30-/m0/s1. The van der Waals surface area contributed by atoms with Crippen LogP contribution in [0.4, 0.5) is 4.39 Å². The van der Waals surface area contributed by atoms with Crippen molar-refractivity contribution in [3.05, 3.63) is 108 Å². The van der Waals surface area contributed by atoms with E-state index in [2.05, 4.69) is 70.5 Å². The molecular weight excluding hydrogens is 437 g/mol. The quantitative estimate of drug-likeness (QED) is 0.345. The second kappa shape index (κ2) is 10.7. The number of aromatic nitrogens is 1. The zero-order valence-corrected chi connectivity index (χ0v) is 20.3. The summed E-state index contributed by atoms with van der Waals surface area (Å²) in [5, 5.41) is 12.7. The Bertz CT molecular complexity index is 1240. The van der Waals surface area contributed by atoms with Gasteiger partial charge in [-0.05, 0) is 61.2 Å². The third kappa shape index (κ3) is 5.48. The fourth-order valence-corrected chi connectivity index (χ4v) is 5.64. The number of nitrogens with zero attached hydrogens (tertiary/aromatic N) is 2. The number of likely N-dealkylation sites (N-methyl/N-ethyl adjacent to an activating group) is 1. The Balaban J connectivity index is 1.32. The van der Waals surface area contributed by atoms with Crippen LogP contribution < -0.4 is 0 Å². The number of nitrogens with one attached hydrogen (secondary N) is 1. The molecule has 0 saturated heterocycles. The molecule has 0 bridgehead atoms. The van der Waals surface area contributed by atoms with Crippen LogP contribution in [0.3, 0.4) is 0 Å². The van der Waals surface area contributed by atoms with E-state index in [0.717, 1.165) is 43.4 Å². The van der Waals surface area contributed by atoms with Gasteiger partial charge in [-0.1, -0.05) is 60.7 Å². The number of para-hydroxylation sites is 1. The number of H-pyrrole nitrogens is 1. The average molecular weight is 472 g/mol. The summed E-state index contributed by atoms with van der Waals surface area (Å²) in [6.45, 7) is 2.24. The first-order chi connectivity index (χ1) is 17.1. The minimum atomic E-state index is -0.458. The van der Waals surface area contributed by atoms with Crippen LogP contribution in [-0.2, 0) is 19.5 Å². The molecule has 0 radical (unpaired) electrons. The van der Waals surface area contributed by atoms with Crippen LogP contribution in [-0.4, -0.2) is 51.7 Å². The Kier molecular flexibility index (Phi) is 7.28. The first-order valence-electron chi connectivity index (χ1n) is 12.5. The maximum Gasteiger partial charge on any atom is 0.123 e. The van der Waals surface area contributed by atoms with Crippen LogP contribution in [0.25, 0.3) is 10.9 Å². The van der Waals surface area contributed by atoms with Crippen LogP contribution in [0.2, 0.25) is 0 Å². The fourth-order valence-electron chi connectivity index (χ4n) is 5.64. The van der Waals surface area contributed by atoms with Gasteiger partial charge in [-0.3, -0.25) is 9.80 Å². The molecule has 0 spiro atoms. The van der Waals surface area contributed by atoms with Gasteiger partial charge in [0.05, 0.1) is 6.10 Å². The van der Waals surface area contributed by atoms with E-state index in [4.69, 9.17) is 0 Å². The molecule has 1 fully saturated rings. The van der Waals surface area contributed by atoms with Gasteiger partial charge >= 0.3 is 0 Å². The van der Waals surface area contributed by atoms with Crippen molar-refractivity contribution in [3.63, 3.8) is 0 Å². The van der Waals surface area contributed by atoms with Crippen molar-refractivity contribution in [2.75, 3.05) is 13.6 Å². The lowest BCUT2D eigenvalue weighted by Gasteiger charge is -2.34. The maximum atomic E-state index is 14.0. The fraction of sp³-hybridized carbons (Fsp3) is 0.333. The normalized spacial score (nSPS) is 20.3. The molecule has 2 N–H and O–H groups in total. The van der Waals surface area contributed by atoms with E-state index in [0.29, 0.717) is 6.54 Å². The molecule has 35 heavy (non-hydrogen) atoms. The van der Waals surface area contributed by atoms with Crippen LogP contribution in [0.15, 0.2) is 85.1 Å². The Labute approximate surface area is 207 Å². The van der Waals surface area contributed by atoms with E-state index in [1.807, 2.05) is 18.2 Å². The van der Waals surface area contributed by atoms with Crippen molar-refractivity contribution in [3.8, 4) is 0 Å². The molecule has 1 heterocycles. The van der Waals surface area contributed by atoms with Gasteiger partial charge in [-0.25, -0.2) is 4.39 Å². The Hall–Kier alpha value is -2.99. The lowest BCUT2D eigenvalue weighted by molar-refractivity contribution is 0.0216. The largest absolute Gasteiger partial charge is 0.390 e. The summed E-state index contributed by atoms with van der Waals surface area (Å²) in [6.07, 6.45) is 4.37. The second-order valence-corrected chi connectivity index (χ2v) is 9.81. The van der Waals surface area contributed by atoms with Gasteiger partial charge in [0.1, 0.15) is 5.82 Å². The van der Waals surface area contributed by atoms with Crippen LogP contribution in [0.1, 0.15) is 29.5 Å². The van der Waals surface area contributed by atoms with Crippen molar-refractivity contribution in [2.45, 2.75) is 50.5 Å². The predicted octanol–water partition coefficient (Wildman–Crippen LogP) is 5.38. The van der Waals surface area contributed by atoms with Crippen molar-refractivity contribution >= 4 is 10.9 Å². The van der Waals surface area contributed by atoms with Crippen LogP contribution >= 0.6 is 0 Å². The summed E-state index contributed by atoms with van der Waals surface area (Å²) in [4.78, 5) is 8.00. The van der Waals surface area contributed by atoms with E-state index < -0.39 is 6.10 Å². The smallest absolute Gasteiger partial charge is 0.123 e. The van der Waals surface area contributed by atoms with Gasteiger partial charge in [0.25, 0.3) is 0 Å². The minimum Gasteiger partial charge on any atom is -0.390 e. The zero-order chi connectivity index (χ0) is 24.2. The zero-order valence-electron chi connectivity index (χ0n) is 20.3. The second-order valence-electron chi connectivity index (χ2n) is 9.81. The summed E-state index contributed by atoms with van der Waals surface area (Å²) in [5.74, 6) is -0.216. The number of fused-ring (bicyclic) bond motifs is 1. The number of rotatable bonds is 9. The molecule has 1 saturated carbocycles. The summed E-state index contributed by atoms with van der Waals surface area (Å²) < 4.78 is 14.0. The van der Waals surface area contributed by atoms with E-state index in [1.54, 1.807) is 12.1 Å². The highest BCUT2D eigenvalue weighted by molar-refractivity contribution is 5.83. The Morgan fingerprint density at radius 3 is 2.46 bits per heavy atom. The van der Waals surface area contributed by atoms with Gasteiger partial charge in [-0.2, -0.15) is 0 Å². The topological polar surface area (TPSA) is 42.5 Å². The predicted molar refractivity (Wildman–Crippen MR) is 140 cm³/mol. The van der Waals surface area contributed by atoms with Crippen LogP contribution in [0, 0.1) is 5.82 Å². The molecular formula is C30H34FN3O. The first kappa shape index (κ1) is 23.7. The highest BCUT2D eigenvalue weighted by atomic mass is 19.1. The highest BCUT2D eigenvalue weighted by Gasteiger charge is 2.40. The summed E-state index contributed by atoms with van der Waals surface area (Å²) >= 11 is 0. The summed E-state index contributed by atoms with van der Waals surface area (Å²) in [6, 6.07) is 25.7. The monoisotopic (exact) mass is 471 g/mol. The molecule has 5 rings (SSSR count). The van der Waals surface area contributed by atoms with E-state index in [-0.39, 0.29) is 17.9 Å². The first-order valence-corrected chi connectivity index (χ1v) is 12.5. The molecule has 5 heteroatoms. The number of aliphatic hydroxyl groups is 1. The summed E-state index contributed by atoms with van der Waals surface area (Å²) in [5.41, 5.74) is 4.61. The number of aliphatic hydroxyl groups excluding tert-OH is 1. The maximum absolute atomic E-state index is 14.0. The molecule has 4 aromatic rings. The third-order valence-electron chi connectivity index (χ3n) is 7.47. The number of halogens is 1. The number of benzene rings is 3. The van der Waals surface area contributed by atoms with Gasteiger partial charge in [0, 0.05) is 48.8 Å². The third-order valence-corrected chi connectivity index (χ3v) is 7.47. The van der Waals surface area contributed by atoms with Crippen molar-refractivity contribution in [1.29, 1.82) is 0 Å². The molecule has 3 atom stereocenters. The average Bonchev–Trinajstić information content (AvgIpc) is 3.46. The van der Waals surface area contributed by atoms with Crippen molar-refractivity contribution in [1.82, 2.24) is 14.8 Å². The molecule has 0 unspecified atom stereocenters. The minimum absolute atomic E-state index is 0.0340. The van der Waals surface area contributed by atoms with E-state index in [1.165, 1.54) is 22.6 Å². The molecule has 1 aromatic heterocycles. The highest BCUT2D eigenvalue weighted by Crippen LogP contribution is 2.31. The van der Waals surface area contributed by atoms with Crippen molar-refractivity contribution < 1.29 is 9.50 Å².